The second kappa shape index (κ2) is 7.91. The molecule has 4 heteroatoms. The van der Waals surface area contributed by atoms with Crippen molar-refractivity contribution >= 4 is 8.32 Å². The van der Waals surface area contributed by atoms with Gasteiger partial charge in [0.25, 0.3) is 0 Å². The molecule has 0 amide bonds. The van der Waals surface area contributed by atoms with Crippen molar-refractivity contribution in [2.75, 3.05) is 13.2 Å². The van der Waals surface area contributed by atoms with Crippen LogP contribution in [0.1, 0.15) is 47.0 Å². The van der Waals surface area contributed by atoms with Crippen LogP contribution in [0.15, 0.2) is 12.2 Å². The van der Waals surface area contributed by atoms with Crippen molar-refractivity contribution in [2.45, 2.75) is 77.3 Å². The molecular formula is C17H34O3Si. The minimum atomic E-state index is -1.65. The zero-order chi connectivity index (χ0) is 16.1. The van der Waals surface area contributed by atoms with E-state index in [1.54, 1.807) is 0 Å². The summed E-state index contributed by atoms with van der Waals surface area (Å²) in [6.07, 6.45) is 7.61. The van der Waals surface area contributed by atoms with Gasteiger partial charge in [0.15, 0.2) is 8.32 Å². The Balaban J connectivity index is 2.36. The normalized spacial score (nSPS) is 25.1. The van der Waals surface area contributed by atoms with Crippen LogP contribution in [0, 0.1) is 5.92 Å². The maximum Gasteiger partial charge on any atom is 0.191 e. The van der Waals surface area contributed by atoms with E-state index in [9.17, 15) is 0 Å². The summed E-state index contributed by atoms with van der Waals surface area (Å²) in [7, 11) is -1.65. The summed E-state index contributed by atoms with van der Waals surface area (Å²) in [5, 5.41) is 9.41. The second-order valence-electron chi connectivity index (χ2n) is 7.88. The number of ether oxygens (including phenoxy) is 1. The van der Waals surface area contributed by atoms with E-state index in [0.717, 1.165) is 25.9 Å². The van der Waals surface area contributed by atoms with E-state index < -0.39 is 8.32 Å². The maximum atomic E-state index is 9.15. The number of rotatable bonds is 7. The molecule has 1 heterocycles. The third-order valence-corrected chi connectivity index (χ3v) is 9.30. The number of aliphatic hydroxyl groups excluding tert-OH is 1. The summed E-state index contributed by atoms with van der Waals surface area (Å²) in [6, 6.07) is 0. The van der Waals surface area contributed by atoms with E-state index in [0.29, 0.717) is 5.92 Å². The highest BCUT2D eigenvalue weighted by atomic mass is 28.4. The average Bonchev–Trinajstić information content (AvgIpc) is 2.37. The highest BCUT2D eigenvalue weighted by Gasteiger charge is 2.37. The summed E-state index contributed by atoms with van der Waals surface area (Å²) in [4.78, 5) is 0. The molecule has 0 saturated carbocycles. The van der Waals surface area contributed by atoms with E-state index in [-0.39, 0.29) is 23.9 Å². The lowest BCUT2D eigenvalue weighted by Gasteiger charge is -2.36. The molecule has 21 heavy (non-hydrogen) atoms. The molecule has 1 aliphatic rings. The molecule has 0 fully saturated rings. The van der Waals surface area contributed by atoms with Crippen LogP contribution in [-0.2, 0) is 9.16 Å². The van der Waals surface area contributed by atoms with Crippen LogP contribution in [0.25, 0.3) is 0 Å². The molecule has 3 nitrogen and oxygen atoms in total. The van der Waals surface area contributed by atoms with Crippen molar-refractivity contribution in [3.05, 3.63) is 12.2 Å². The molecule has 1 N–H and O–H groups in total. The number of aliphatic hydroxyl groups is 1. The van der Waals surface area contributed by atoms with Gasteiger partial charge in [-0.1, -0.05) is 39.8 Å². The van der Waals surface area contributed by atoms with E-state index >= 15 is 0 Å². The maximum absolute atomic E-state index is 9.15. The quantitative estimate of drug-likeness (QED) is 0.567. The first-order chi connectivity index (χ1) is 9.65. The van der Waals surface area contributed by atoms with E-state index in [4.69, 9.17) is 14.3 Å². The molecular weight excluding hydrogens is 280 g/mol. The third kappa shape index (κ3) is 6.23. The largest absolute Gasteiger partial charge is 0.417 e. The Morgan fingerprint density at radius 3 is 2.62 bits per heavy atom. The van der Waals surface area contributed by atoms with Gasteiger partial charge in [-0.05, 0) is 43.3 Å². The Morgan fingerprint density at radius 1 is 1.38 bits per heavy atom. The van der Waals surface area contributed by atoms with Crippen LogP contribution < -0.4 is 0 Å². The van der Waals surface area contributed by atoms with Gasteiger partial charge < -0.3 is 14.3 Å². The zero-order valence-electron chi connectivity index (χ0n) is 14.7. The predicted octanol–water partition coefficient (Wildman–Crippen LogP) is 4.13. The Morgan fingerprint density at radius 2 is 2.05 bits per heavy atom. The molecule has 3 atom stereocenters. The van der Waals surface area contributed by atoms with Gasteiger partial charge in [0.05, 0.1) is 12.2 Å². The van der Waals surface area contributed by atoms with Crippen LogP contribution in [0.3, 0.4) is 0 Å². The van der Waals surface area contributed by atoms with Crippen LogP contribution in [-0.4, -0.2) is 38.8 Å². The smallest absolute Gasteiger partial charge is 0.191 e. The summed E-state index contributed by atoms with van der Waals surface area (Å²) in [5.74, 6) is 0.311. The second-order valence-corrected chi connectivity index (χ2v) is 12.7. The van der Waals surface area contributed by atoms with Crippen LogP contribution >= 0.6 is 0 Å². The van der Waals surface area contributed by atoms with Gasteiger partial charge >= 0.3 is 0 Å². The van der Waals surface area contributed by atoms with Gasteiger partial charge in [0.2, 0.25) is 0 Å². The lowest BCUT2D eigenvalue weighted by molar-refractivity contribution is -0.0184. The van der Waals surface area contributed by atoms with E-state index in [2.05, 4.69) is 52.9 Å². The average molecular weight is 315 g/mol. The Bertz CT molecular complexity index is 333. The van der Waals surface area contributed by atoms with Crippen molar-refractivity contribution < 1.29 is 14.3 Å². The number of hydrogen-bond donors (Lipinski definition) is 1. The molecule has 0 radical (unpaired) electrons. The van der Waals surface area contributed by atoms with Gasteiger partial charge in [-0.2, -0.15) is 0 Å². The summed E-state index contributed by atoms with van der Waals surface area (Å²) >= 11 is 0. The van der Waals surface area contributed by atoms with Crippen molar-refractivity contribution in [3.8, 4) is 0 Å². The molecule has 0 aromatic heterocycles. The zero-order valence-corrected chi connectivity index (χ0v) is 15.7. The number of hydrogen-bond acceptors (Lipinski definition) is 3. The van der Waals surface area contributed by atoms with Crippen LogP contribution in [0.2, 0.25) is 18.1 Å². The topological polar surface area (TPSA) is 38.7 Å². The molecule has 0 saturated heterocycles. The highest BCUT2D eigenvalue weighted by Crippen LogP contribution is 2.36. The fourth-order valence-corrected chi connectivity index (χ4v) is 3.28. The first-order valence-corrected chi connectivity index (χ1v) is 11.1. The SMILES string of the molecule is C[C@@H](CO)C[C@@H]1CC=C[C@@H](CCO[Si](C)(C)C(C)(C)C)O1. The predicted molar refractivity (Wildman–Crippen MR) is 91.1 cm³/mol. The molecule has 0 aromatic carbocycles. The standard InChI is InChI=1S/C17H34O3Si/c1-14(13-18)12-16-9-7-8-15(20-16)10-11-19-21(5,6)17(2,3)4/h7-8,14-16,18H,9-13H2,1-6H3/t14-,15+,16+/m1/s1. The molecule has 0 aromatic rings. The molecule has 1 aliphatic heterocycles. The van der Waals surface area contributed by atoms with Crippen molar-refractivity contribution in [1.29, 1.82) is 0 Å². The molecule has 0 bridgehead atoms. The molecule has 0 spiro atoms. The van der Waals surface area contributed by atoms with Crippen molar-refractivity contribution in [1.82, 2.24) is 0 Å². The molecule has 124 valence electrons. The van der Waals surface area contributed by atoms with Crippen LogP contribution in [0.4, 0.5) is 0 Å². The Kier molecular flexibility index (Phi) is 7.11. The summed E-state index contributed by atoms with van der Waals surface area (Å²) in [6.45, 7) is 14.5. The summed E-state index contributed by atoms with van der Waals surface area (Å²) in [5.41, 5.74) is 0. The first-order valence-electron chi connectivity index (χ1n) is 8.22. The van der Waals surface area contributed by atoms with Gasteiger partial charge in [-0.3, -0.25) is 0 Å². The molecule has 0 unspecified atom stereocenters. The fraction of sp³-hybridized carbons (Fsp3) is 0.882. The third-order valence-electron chi connectivity index (χ3n) is 4.77. The minimum absolute atomic E-state index is 0.166. The van der Waals surface area contributed by atoms with E-state index in [1.165, 1.54) is 0 Å². The Labute approximate surface area is 131 Å². The van der Waals surface area contributed by atoms with Gasteiger partial charge in [-0.25, -0.2) is 0 Å². The summed E-state index contributed by atoms with van der Waals surface area (Å²) < 4.78 is 12.3. The van der Waals surface area contributed by atoms with Gasteiger partial charge in [-0.15, -0.1) is 0 Å². The lowest BCUT2D eigenvalue weighted by atomic mass is 10.00. The van der Waals surface area contributed by atoms with Crippen molar-refractivity contribution in [3.63, 3.8) is 0 Å². The first kappa shape index (κ1) is 18.9. The van der Waals surface area contributed by atoms with Gasteiger partial charge in [0, 0.05) is 13.2 Å². The van der Waals surface area contributed by atoms with E-state index in [1.807, 2.05) is 0 Å². The molecule has 0 aliphatic carbocycles. The highest BCUT2D eigenvalue weighted by molar-refractivity contribution is 6.74. The molecule has 1 rings (SSSR count). The Hall–Kier alpha value is -0.163. The minimum Gasteiger partial charge on any atom is -0.417 e. The van der Waals surface area contributed by atoms with Gasteiger partial charge in [0.1, 0.15) is 0 Å². The van der Waals surface area contributed by atoms with Crippen molar-refractivity contribution in [2.24, 2.45) is 5.92 Å². The lowest BCUT2D eigenvalue weighted by Crippen LogP contribution is -2.41. The van der Waals surface area contributed by atoms with Crippen LogP contribution in [0.5, 0.6) is 0 Å². The monoisotopic (exact) mass is 314 g/mol. The fourth-order valence-electron chi connectivity index (χ4n) is 2.22.